The molecule has 0 saturated carbocycles. The summed E-state index contributed by atoms with van der Waals surface area (Å²) in [5.74, 6) is 2.91. The summed E-state index contributed by atoms with van der Waals surface area (Å²) in [6.45, 7) is 7.31. The van der Waals surface area contributed by atoms with Gasteiger partial charge in [-0.05, 0) is 12.8 Å². The molecule has 1 aromatic heterocycles. The predicted molar refractivity (Wildman–Crippen MR) is 70.8 cm³/mol. The summed E-state index contributed by atoms with van der Waals surface area (Å²) in [5, 5.41) is 4.09. The van der Waals surface area contributed by atoms with E-state index < -0.39 is 0 Å². The zero-order valence-corrected chi connectivity index (χ0v) is 11.0. The largest absolute Gasteiger partial charge is 0.370 e. The van der Waals surface area contributed by atoms with E-state index in [1.807, 2.05) is 13.0 Å². The van der Waals surface area contributed by atoms with Gasteiger partial charge < -0.3 is 11.1 Å². The van der Waals surface area contributed by atoms with Crippen molar-refractivity contribution in [3.63, 3.8) is 0 Å². The van der Waals surface area contributed by atoms with Gasteiger partial charge in [-0.2, -0.15) is 4.98 Å². The molecular weight excluding hydrogens is 220 g/mol. The van der Waals surface area contributed by atoms with Crippen molar-refractivity contribution in [1.82, 2.24) is 9.97 Å². The minimum Gasteiger partial charge on any atom is -0.370 e. The molecule has 0 aliphatic carbocycles. The summed E-state index contributed by atoms with van der Waals surface area (Å²) in [6, 6.07) is 1.95. The van der Waals surface area contributed by atoms with Crippen LogP contribution >= 0.6 is 11.8 Å². The molecule has 0 aliphatic rings. The highest BCUT2D eigenvalue weighted by atomic mass is 32.2. The molecule has 0 fully saturated rings. The first-order chi connectivity index (χ1) is 7.65. The first kappa shape index (κ1) is 13.1. The lowest BCUT2D eigenvalue weighted by Gasteiger charge is -2.09. The molecule has 5 heteroatoms. The molecule has 3 N–H and O–H groups in total. The number of hydrogen-bond donors (Lipinski definition) is 2. The highest BCUT2D eigenvalue weighted by Gasteiger charge is 2.05. The normalized spacial score (nSPS) is 12.4. The van der Waals surface area contributed by atoms with Crippen LogP contribution in [0.1, 0.15) is 27.2 Å². The van der Waals surface area contributed by atoms with Crippen LogP contribution < -0.4 is 11.1 Å². The molecule has 1 rings (SSSR count). The lowest BCUT2D eigenvalue weighted by Crippen LogP contribution is -2.04. The van der Waals surface area contributed by atoms with E-state index in [2.05, 4.69) is 29.1 Å². The summed E-state index contributed by atoms with van der Waals surface area (Å²) < 4.78 is 0. The van der Waals surface area contributed by atoms with E-state index in [1.54, 1.807) is 11.8 Å². The van der Waals surface area contributed by atoms with E-state index in [-0.39, 0.29) is 0 Å². The molecule has 0 saturated heterocycles. The minimum atomic E-state index is 0.338. The van der Waals surface area contributed by atoms with Gasteiger partial charge in [0.1, 0.15) is 10.8 Å². The smallest absolute Gasteiger partial charge is 0.223 e. The molecule has 0 amide bonds. The van der Waals surface area contributed by atoms with Crippen molar-refractivity contribution in [2.45, 2.75) is 32.2 Å². The van der Waals surface area contributed by atoms with Crippen molar-refractivity contribution in [2.75, 3.05) is 23.3 Å². The molecule has 90 valence electrons. The van der Waals surface area contributed by atoms with Crippen molar-refractivity contribution in [1.29, 1.82) is 0 Å². The molecular formula is C11H20N4S. The number of anilines is 2. The Morgan fingerprint density at radius 1 is 1.44 bits per heavy atom. The number of nitrogens with zero attached hydrogens (tertiary/aromatic N) is 2. The molecule has 16 heavy (non-hydrogen) atoms. The Bertz CT molecular complexity index is 330. The van der Waals surface area contributed by atoms with Gasteiger partial charge in [-0.3, -0.25) is 0 Å². The van der Waals surface area contributed by atoms with Crippen LogP contribution in [0.3, 0.4) is 0 Å². The van der Waals surface area contributed by atoms with Crippen LogP contribution in [0.5, 0.6) is 0 Å². The van der Waals surface area contributed by atoms with Crippen LogP contribution in [0.4, 0.5) is 11.8 Å². The second-order valence-electron chi connectivity index (χ2n) is 3.80. The Hall–Kier alpha value is -0.970. The topological polar surface area (TPSA) is 63.8 Å². The first-order valence-corrected chi connectivity index (χ1v) is 6.65. The molecule has 0 spiro atoms. The Morgan fingerprint density at radius 3 is 2.81 bits per heavy atom. The van der Waals surface area contributed by atoms with Gasteiger partial charge in [0.05, 0.1) is 0 Å². The van der Waals surface area contributed by atoms with Gasteiger partial charge in [-0.25, -0.2) is 4.98 Å². The Morgan fingerprint density at radius 2 is 2.19 bits per heavy atom. The van der Waals surface area contributed by atoms with E-state index in [1.165, 1.54) is 6.42 Å². The standard InChI is InChI=1S/C11H20N4S/c1-4-8(3)7-16-10-6-9(13-5-2)14-11(12)15-10/h6,8H,4-5,7H2,1-3H3,(H3,12,13,14,15). The fraction of sp³-hybridized carbons (Fsp3) is 0.636. The quantitative estimate of drug-likeness (QED) is 0.591. The molecule has 4 nitrogen and oxygen atoms in total. The number of rotatable bonds is 6. The number of nitrogens with one attached hydrogen (secondary N) is 1. The summed E-state index contributed by atoms with van der Waals surface area (Å²) in [6.07, 6.45) is 1.19. The van der Waals surface area contributed by atoms with E-state index >= 15 is 0 Å². The number of nitrogens with two attached hydrogens (primary N) is 1. The van der Waals surface area contributed by atoms with Crippen molar-refractivity contribution in [2.24, 2.45) is 5.92 Å². The van der Waals surface area contributed by atoms with E-state index in [9.17, 15) is 0 Å². The maximum Gasteiger partial charge on any atom is 0.223 e. The van der Waals surface area contributed by atoms with Crippen molar-refractivity contribution in [3.8, 4) is 0 Å². The number of hydrogen-bond acceptors (Lipinski definition) is 5. The summed E-state index contributed by atoms with van der Waals surface area (Å²) in [5.41, 5.74) is 5.65. The number of aromatic nitrogens is 2. The maximum absolute atomic E-state index is 5.65. The van der Waals surface area contributed by atoms with Crippen LogP contribution in [0.25, 0.3) is 0 Å². The molecule has 1 atom stereocenters. The summed E-state index contributed by atoms with van der Waals surface area (Å²) in [4.78, 5) is 8.33. The van der Waals surface area contributed by atoms with Crippen LogP contribution in [-0.4, -0.2) is 22.3 Å². The molecule has 0 bridgehead atoms. The fourth-order valence-corrected chi connectivity index (χ4v) is 2.18. The number of thioether (sulfide) groups is 1. The molecule has 1 aromatic rings. The van der Waals surface area contributed by atoms with E-state index in [0.29, 0.717) is 11.9 Å². The third kappa shape index (κ3) is 4.26. The SMILES string of the molecule is CCNc1cc(SCC(C)CC)nc(N)n1. The lowest BCUT2D eigenvalue weighted by atomic mass is 10.2. The summed E-state index contributed by atoms with van der Waals surface area (Å²) in [7, 11) is 0. The Kier molecular flexibility index (Phi) is 5.38. The Balaban J connectivity index is 2.64. The van der Waals surface area contributed by atoms with Gasteiger partial charge in [0.15, 0.2) is 0 Å². The predicted octanol–water partition coefficient (Wildman–Crippen LogP) is 2.63. The second kappa shape index (κ2) is 6.58. The highest BCUT2D eigenvalue weighted by Crippen LogP contribution is 2.22. The van der Waals surface area contributed by atoms with Crippen LogP contribution in [0.15, 0.2) is 11.1 Å². The highest BCUT2D eigenvalue weighted by molar-refractivity contribution is 7.99. The van der Waals surface area contributed by atoms with E-state index in [0.717, 1.165) is 23.1 Å². The Labute approximate surface area is 101 Å². The van der Waals surface area contributed by atoms with Crippen molar-refractivity contribution < 1.29 is 0 Å². The summed E-state index contributed by atoms with van der Waals surface area (Å²) >= 11 is 1.74. The average Bonchev–Trinajstić information content (AvgIpc) is 2.25. The molecule has 0 radical (unpaired) electrons. The first-order valence-electron chi connectivity index (χ1n) is 5.66. The van der Waals surface area contributed by atoms with Gasteiger partial charge >= 0.3 is 0 Å². The zero-order chi connectivity index (χ0) is 12.0. The molecule has 0 aromatic carbocycles. The van der Waals surface area contributed by atoms with Gasteiger partial charge in [0.2, 0.25) is 5.95 Å². The molecule has 1 unspecified atom stereocenters. The van der Waals surface area contributed by atoms with Crippen molar-refractivity contribution in [3.05, 3.63) is 6.07 Å². The van der Waals surface area contributed by atoms with E-state index in [4.69, 9.17) is 5.73 Å². The van der Waals surface area contributed by atoms with Crippen LogP contribution in [0, 0.1) is 5.92 Å². The average molecular weight is 240 g/mol. The number of nitrogen functional groups attached to an aromatic ring is 1. The van der Waals surface area contributed by atoms with Gasteiger partial charge in [-0.1, -0.05) is 20.3 Å². The maximum atomic E-state index is 5.65. The van der Waals surface area contributed by atoms with Crippen LogP contribution in [-0.2, 0) is 0 Å². The van der Waals surface area contributed by atoms with Crippen LogP contribution in [0.2, 0.25) is 0 Å². The fourth-order valence-electron chi connectivity index (χ4n) is 1.13. The van der Waals surface area contributed by atoms with Gasteiger partial charge in [0, 0.05) is 18.4 Å². The molecule has 0 aliphatic heterocycles. The zero-order valence-electron chi connectivity index (χ0n) is 10.2. The van der Waals surface area contributed by atoms with Gasteiger partial charge in [0.25, 0.3) is 0 Å². The van der Waals surface area contributed by atoms with Gasteiger partial charge in [-0.15, -0.1) is 11.8 Å². The second-order valence-corrected chi connectivity index (χ2v) is 4.84. The lowest BCUT2D eigenvalue weighted by molar-refractivity contribution is 0.636. The van der Waals surface area contributed by atoms with Crippen molar-refractivity contribution >= 4 is 23.5 Å². The third-order valence-corrected chi connectivity index (χ3v) is 3.53. The minimum absolute atomic E-state index is 0.338. The molecule has 1 heterocycles. The third-order valence-electron chi connectivity index (χ3n) is 2.29. The monoisotopic (exact) mass is 240 g/mol.